The summed E-state index contributed by atoms with van der Waals surface area (Å²) in [5.41, 5.74) is 9.97. The number of benzene rings is 2. The summed E-state index contributed by atoms with van der Waals surface area (Å²) in [5.74, 6) is 0.570. The first-order valence-electron chi connectivity index (χ1n) is 10.9. The molecule has 2 aromatic carbocycles. The van der Waals surface area contributed by atoms with Gasteiger partial charge in [0, 0.05) is 5.56 Å². The first-order chi connectivity index (χ1) is 17.3. The largest absolute Gasteiger partial charge is 0.493 e. The van der Waals surface area contributed by atoms with Crippen LogP contribution in [0.25, 0.3) is 17.2 Å². The number of aromatic nitrogens is 1. The Labute approximate surface area is 207 Å². The van der Waals surface area contributed by atoms with Crippen molar-refractivity contribution < 1.29 is 14.4 Å². The highest BCUT2D eigenvalue weighted by atomic mass is 16.6. The van der Waals surface area contributed by atoms with E-state index in [9.17, 15) is 20.6 Å². The van der Waals surface area contributed by atoms with Crippen molar-refractivity contribution in [3.63, 3.8) is 0 Å². The molecule has 0 unspecified atom stereocenters. The number of methoxy groups -OCH3 is 1. The Hall–Kier alpha value is -5.15. The number of nitrogens with zero attached hydrogens (tertiary/aromatic N) is 4. The smallest absolute Gasteiger partial charge is 0.280 e. The van der Waals surface area contributed by atoms with E-state index in [1.54, 1.807) is 19.9 Å². The standard InChI is InChI=1S/C27H21N5O4/c1-15-19(25-16(2)21(13-29)27(30)31-26(25)20(15)12-28)9-18-10-23(35-3)24(11-22(18)32(33)34)36-14-17-7-5-4-6-8-17/h4-11H,14H2,1-3H3,(H2,30,31)/b19-9-. The SMILES string of the molecule is COc1cc(/C=C2/C(C)=C(C#N)c3nc(N)c(C#N)c(C)c32)c([N+](=O)[O-])cc1OCc1ccccc1. The zero-order chi connectivity index (χ0) is 26.0. The first-order valence-corrected chi connectivity index (χ1v) is 10.9. The van der Waals surface area contributed by atoms with Crippen LogP contribution in [0.15, 0.2) is 48.0 Å². The summed E-state index contributed by atoms with van der Waals surface area (Å²) in [6, 6.07) is 16.4. The van der Waals surface area contributed by atoms with Crippen LogP contribution in [0.2, 0.25) is 0 Å². The summed E-state index contributed by atoms with van der Waals surface area (Å²) < 4.78 is 11.3. The molecule has 2 N–H and O–H groups in total. The summed E-state index contributed by atoms with van der Waals surface area (Å²) >= 11 is 0. The van der Waals surface area contributed by atoms with Gasteiger partial charge in [-0.3, -0.25) is 10.1 Å². The zero-order valence-electron chi connectivity index (χ0n) is 19.8. The zero-order valence-corrected chi connectivity index (χ0v) is 19.8. The van der Waals surface area contributed by atoms with Gasteiger partial charge in [0.1, 0.15) is 24.6 Å². The van der Waals surface area contributed by atoms with Crippen LogP contribution in [0, 0.1) is 39.7 Å². The quantitative estimate of drug-likeness (QED) is 0.375. The summed E-state index contributed by atoms with van der Waals surface area (Å²) in [6.45, 7) is 3.65. The lowest BCUT2D eigenvalue weighted by molar-refractivity contribution is -0.385. The summed E-state index contributed by atoms with van der Waals surface area (Å²) in [6.07, 6.45) is 1.60. The number of rotatable bonds is 6. The van der Waals surface area contributed by atoms with Crippen molar-refractivity contribution in [2.24, 2.45) is 0 Å². The molecule has 36 heavy (non-hydrogen) atoms. The third-order valence-corrected chi connectivity index (χ3v) is 6.03. The maximum absolute atomic E-state index is 12.0. The molecule has 3 aromatic rings. The van der Waals surface area contributed by atoms with Crippen LogP contribution < -0.4 is 15.2 Å². The van der Waals surface area contributed by atoms with Gasteiger partial charge >= 0.3 is 0 Å². The van der Waals surface area contributed by atoms with Crippen LogP contribution in [0.4, 0.5) is 11.5 Å². The lowest BCUT2D eigenvalue weighted by atomic mass is 9.95. The molecule has 0 fully saturated rings. The van der Waals surface area contributed by atoms with Crippen LogP contribution in [0.1, 0.15) is 40.4 Å². The lowest BCUT2D eigenvalue weighted by Gasteiger charge is -2.13. The Bertz CT molecular complexity index is 1540. The summed E-state index contributed by atoms with van der Waals surface area (Å²) in [5, 5.41) is 31.3. The van der Waals surface area contributed by atoms with Crippen molar-refractivity contribution in [1.82, 2.24) is 4.98 Å². The van der Waals surface area contributed by atoms with Crippen LogP contribution in [-0.2, 0) is 6.61 Å². The van der Waals surface area contributed by atoms with E-state index in [2.05, 4.69) is 11.1 Å². The van der Waals surface area contributed by atoms with E-state index in [1.165, 1.54) is 19.2 Å². The van der Waals surface area contributed by atoms with Crippen molar-refractivity contribution in [2.45, 2.75) is 20.5 Å². The monoisotopic (exact) mass is 479 g/mol. The number of nitro groups is 1. The van der Waals surface area contributed by atoms with Gasteiger partial charge in [-0.25, -0.2) is 4.98 Å². The van der Waals surface area contributed by atoms with Crippen LogP contribution in [0.3, 0.4) is 0 Å². The molecule has 0 amide bonds. The number of nitro benzene ring substituents is 1. The number of pyridine rings is 1. The number of nitrogens with two attached hydrogens (primary N) is 1. The fraction of sp³-hybridized carbons (Fsp3) is 0.148. The predicted octanol–water partition coefficient (Wildman–Crippen LogP) is 5.19. The molecule has 1 aliphatic rings. The van der Waals surface area contributed by atoms with E-state index in [1.807, 2.05) is 36.4 Å². The Kier molecular flexibility index (Phi) is 6.40. The average Bonchev–Trinajstić information content (AvgIpc) is 3.13. The average molecular weight is 479 g/mol. The normalized spacial score (nSPS) is 13.2. The number of fused-ring (bicyclic) bond motifs is 1. The van der Waals surface area contributed by atoms with Gasteiger partial charge in [0.05, 0.1) is 40.5 Å². The molecule has 0 aliphatic heterocycles. The third kappa shape index (κ3) is 4.10. The fourth-order valence-corrected chi connectivity index (χ4v) is 4.20. The molecule has 4 rings (SSSR count). The van der Waals surface area contributed by atoms with Crippen molar-refractivity contribution in [3.8, 4) is 23.6 Å². The molecule has 0 spiro atoms. The Balaban J connectivity index is 1.88. The summed E-state index contributed by atoms with van der Waals surface area (Å²) in [7, 11) is 1.45. The molecular formula is C27H21N5O4. The highest BCUT2D eigenvalue weighted by molar-refractivity contribution is 6.09. The van der Waals surface area contributed by atoms with Crippen molar-refractivity contribution in [1.29, 1.82) is 10.5 Å². The van der Waals surface area contributed by atoms with Crippen molar-refractivity contribution >= 4 is 28.7 Å². The minimum atomic E-state index is -0.504. The van der Waals surface area contributed by atoms with Gasteiger partial charge in [-0.2, -0.15) is 10.5 Å². The number of nitrogen functional groups attached to an aromatic ring is 1. The van der Waals surface area contributed by atoms with E-state index < -0.39 is 4.92 Å². The maximum Gasteiger partial charge on any atom is 0.280 e. The number of allylic oxidation sites excluding steroid dienone is 3. The fourth-order valence-electron chi connectivity index (χ4n) is 4.20. The Morgan fingerprint density at radius 2 is 1.86 bits per heavy atom. The molecule has 1 heterocycles. The minimum Gasteiger partial charge on any atom is -0.493 e. The van der Waals surface area contributed by atoms with E-state index in [-0.39, 0.29) is 35.0 Å². The van der Waals surface area contributed by atoms with E-state index in [0.29, 0.717) is 39.3 Å². The highest BCUT2D eigenvalue weighted by Crippen LogP contribution is 2.45. The van der Waals surface area contributed by atoms with Crippen LogP contribution in [0.5, 0.6) is 11.5 Å². The second-order valence-corrected chi connectivity index (χ2v) is 8.10. The predicted molar refractivity (Wildman–Crippen MR) is 135 cm³/mol. The number of hydrogen-bond donors (Lipinski definition) is 1. The van der Waals surface area contributed by atoms with Crippen LogP contribution in [-0.4, -0.2) is 17.0 Å². The molecule has 0 saturated heterocycles. The molecule has 0 bridgehead atoms. The molecular weight excluding hydrogens is 458 g/mol. The second-order valence-electron chi connectivity index (χ2n) is 8.10. The molecule has 0 radical (unpaired) electrons. The number of ether oxygens (including phenoxy) is 2. The van der Waals surface area contributed by atoms with Gasteiger partial charge in [-0.1, -0.05) is 30.3 Å². The summed E-state index contributed by atoms with van der Waals surface area (Å²) in [4.78, 5) is 15.8. The van der Waals surface area contributed by atoms with Crippen LogP contribution >= 0.6 is 0 Å². The molecule has 1 aliphatic carbocycles. The van der Waals surface area contributed by atoms with Gasteiger partial charge in [0.25, 0.3) is 5.69 Å². The van der Waals surface area contributed by atoms with Gasteiger partial charge < -0.3 is 15.2 Å². The third-order valence-electron chi connectivity index (χ3n) is 6.03. The highest BCUT2D eigenvalue weighted by Gasteiger charge is 2.30. The maximum atomic E-state index is 12.0. The lowest BCUT2D eigenvalue weighted by Crippen LogP contribution is -2.04. The minimum absolute atomic E-state index is 0.0307. The van der Waals surface area contributed by atoms with E-state index >= 15 is 0 Å². The van der Waals surface area contributed by atoms with Crippen molar-refractivity contribution in [3.05, 3.63) is 91.7 Å². The number of anilines is 1. The van der Waals surface area contributed by atoms with E-state index in [4.69, 9.17) is 15.2 Å². The Morgan fingerprint density at radius 1 is 1.14 bits per heavy atom. The Morgan fingerprint density at radius 3 is 2.47 bits per heavy atom. The first kappa shape index (κ1) is 24.0. The molecule has 1 aromatic heterocycles. The topological polar surface area (TPSA) is 148 Å². The van der Waals surface area contributed by atoms with Gasteiger partial charge in [-0.05, 0) is 48.3 Å². The molecule has 0 atom stereocenters. The molecule has 9 nitrogen and oxygen atoms in total. The van der Waals surface area contributed by atoms with Gasteiger partial charge in [-0.15, -0.1) is 0 Å². The number of hydrogen-bond acceptors (Lipinski definition) is 8. The molecule has 0 saturated carbocycles. The van der Waals surface area contributed by atoms with Gasteiger partial charge in [0.2, 0.25) is 0 Å². The van der Waals surface area contributed by atoms with Gasteiger partial charge in [0.15, 0.2) is 11.5 Å². The second kappa shape index (κ2) is 9.61. The molecule has 9 heteroatoms. The number of nitriles is 2. The molecule has 178 valence electrons. The van der Waals surface area contributed by atoms with Crippen molar-refractivity contribution in [2.75, 3.05) is 12.8 Å². The van der Waals surface area contributed by atoms with E-state index in [0.717, 1.165) is 5.56 Å².